The monoisotopic (exact) mass is 419 g/mol. The summed E-state index contributed by atoms with van der Waals surface area (Å²) >= 11 is 0. The van der Waals surface area contributed by atoms with Crippen LogP contribution >= 0.6 is 0 Å². The highest BCUT2D eigenvalue weighted by molar-refractivity contribution is 6.12. The van der Waals surface area contributed by atoms with Gasteiger partial charge >= 0.3 is 5.97 Å². The zero-order chi connectivity index (χ0) is 22.1. The number of ketones is 1. The Bertz CT molecular complexity index is 1370. The molecule has 0 unspecified atom stereocenters. The molecular formula is C23H21N3O5. The number of ether oxygens (including phenoxy) is 1. The van der Waals surface area contributed by atoms with Crippen LogP contribution in [0.4, 0.5) is 0 Å². The molecule has 0 aliphatic rings. The van der Waals surface area contributed by atoms with Gasteiger partial charge in [0.1, 0.15) is 0 Å². The lowest BCUT2D eigenvalue weighted by molar-refractivity contribution is 0.0313. The molecule has 2 heterocycles. The van der Waals surface area contributed by atoms with E-state index in [0.717, 1.165) is 15.6 Å². The number of aryl methyl sites for hydroxylation is 1. The van der Waals surface area contributed by atoms with Crippen LogP contribution in [0.3, 0.4) is 0 Å². The lowest BCUT2D eigenvalue weighted by atomic mass is 10.0. The van der Waals surface area contributed by atoms with Gasteiger partial charge in [-0.3, -0.25) is 9.59 Å². The van der Waals surface area contributed by atoms with Crippen molar-refractivity contribution >= 4 is 33.4 Å². The predicted octanol–water partition coefficient (Wildman–Crippen LogP) is 2.61. The SMILES string of the molecule is Cc1[nH]c2ccccc2c1C(=O)[C@H](C)OC(=O)c1nn(CCO)c(=O)c2ccccc12. The third kappa shape index (κ3) is 3.62. The molecule has 4 aromatic rings. The van der Waals surface area contributed by atoms with Gasteiger partial charge in [0.25, 0.3) is 5.56 Å². The second-order valence-corrected chi connectivity index (χ2v) is 7.23. The highest BCUT2D eigenvalue weighted by atomic mass is 16.5. The van der Waals surface area contributed by atoms with Crippen molar-refractivity contribution in [1.82, 2.24) is 14.8 Å². The van der Waals surface area contributed by atoms with Crippen molar-refractivity contribution in [3.8, 4) is 0 Å². The van der Waals surface area contributed by atoms with Crippen molar-refractivity contribution in [3.05, 3.63) is 75.8 Å². The van der Waals surface area contributed by atoms with Crippen molar-refractivity contribution in [2.24, 2.45) is 0 Å². The zero-order valence-electron chi connectivity index (χ0n) is 17.1. The van der Waals surface area contributed by atoms with E-state index in [9.17, 15) is 19.5 Å². The van der Waals surface area contributed by atoms with E-state index < -0.39 is 17.6 Å². The minimum Gasteiger partial charge on any atom is -0.449 e. The summed E-state index contributed by atoms with van der Waals surface area (Å²) in [4.78, 5) is 41.7. The van der Waals surface area contributed by atoms with Crippen molar-refractivity contribution in [2.45, 2.75) is 26.5 Å². The Morgan fingerprint density at radius 2 is 1.74 bits per heavy atom. The summed E-state index contributed by atoms with van der Waals surface area (Å²) in [6.07, 6.45) is -1.07. The molecule has 2 aromatic carbocycles. The summed E-state index contributed by atoms with van der Waals surface area (Å²) in [5.41, 5.74) is 1.48. The number of hydrogen-bond donors (Lipinski definition) is 2. The number of aromatic amines is 1. The van der Waals surface area contributed by atoms with E-state index in [4.69, 9.17) is 4.74 Å². The molecule has 0 saturated heterocycles. The second-order valence-electron chi connectivity index (χ2n) is 7.23. The average Bonchev–Trinajstić information content (AvgIpc) is 3.10. The number of nitrogens with one attached hydrogen (secondary N) is 1. The van der Waals surface area contributed by atoms with Crippen LogP contribution in [0.25, 0.3) is 21.7 Å². The molecule has 158 valence electrons. The maximum absolute atomic E-state index is 13.1. The van der Waals surface area contributed by atoms with Crippen LogP contribution < -0.4 is 5.56 Å². The van der Waals surface area contributed by atoms with Gasteiger partial charge in [-0.25, -0.2) is 9.48 Å². The van der Waals surface area contributed by atoms with E-state index in [2.05, 4.69) is 10.1 Å². The van der Waals surface area contributed by atoms with Crippen LogP contribution in [0.5, 0.6) is 0 Å². The summed E-state index contributed by atoms with van der Waals surface area (Å²) in [7, 11) is 0. The van der Waals surface area contributed by atoms with Crippen LogP contribution in [0.2, 0.25) is 0 Å². The molecule has 0 fully saturated rings. The number of carbonyl (C=O) groups is 2. The fourth-order valence-electron chi connectivity index (χ4n) is 3.70. The lowest BCUT2D eigenvalue weighted by Gasteiger charge is -2.14. The molecule has 0 saturated carbocycles. The quantitative estimate of drug-likeness (QED) is 0.367. The number of aliphatic hydroxyl groups is 1. The van der Waals surface area contributed by atoms with Gasteiger partial charge in [0.2, 0.25) is 5.78 Å². The largest absolute Gasteiger partial charge is 0.449 e. The van der Waals surface area contributed by atoms with Crippen LogP contribution in [0.1, 0.15) is 33.5 Å². The van der Waals surface area contributed by atoms with Crippen LogP contribution in [-0.4, -0.2) is 44.3 Å². The van der Waals surface area contributed by atoms with Crippen molar-refractivity contribution in [3.63, 3.8) is 0 Å². The fraction of sp³-hybridized carbons (Fsp3) is 0.217. The molecular weight excluding hydrogens is 398 g/mol. The Balaban J connectivity index is 1.69. The van der Waals surface area contributed by atoms with Gasteiger partial charge in [0.05, 0.1) is 18.5 Å². The third-order valence-electron chi connectivity index (χ3n) is 5.17. The summed E-state index contributed by atoms with van der Waals surface area (Å²) < 4.78 is 6.49. The number of esters is 1. The van der Waals surface area contributed by atoms with Crippen molar-refractivity contribution in [2.75, 3.05) is 6.61 Å². The summed E-state index contributed by atoms with van der Waals surface area (Å²) in [5.74, 6) is -1.16. The van der Waals surface area contributed by atoms with Gasteiger partial charge < -0.3 is 14.8 Å². The molecule has 0 spiro atoms. The van der Waals surface area contributed by atoms with E-state index in [1.54, 1.807) is 31.2 Å². The third-order valence-corrected chi connectivity index (χ3v) is 5.17. The molecule has 0 aliphatic heterocycles. The minimum atomic E-state index is -1.07. The fourth-order valence-corrected chi connectivity index (χ4v) is 3.70. The number of para-hydroxylation sites is 1. The van der Waals surface area contributed by atoms with E-state index in [0.29, 0.717) is 16.6 Å². The first-order chi connectivity index (χ1) is 14.9. The Labute approximate surface area is 177 Å². The number of Topliss-reactive ketones (excluding diaryl/α,β-unsaturated/α-hetero) is 1. The number of fused-ring (bicyclic) bond motifs is 2. The Hall–Kier alpha value is -3.78. The first-order valence-corrected chi connectivity index (χ1v) is 9.85. The number of nitrogens with zero attached hydrogens (tertiary/aromatic N) is 2. The zero-order valence-corrected chi connectivity index (χ0v) is 17.1. The molecule has 8 heteroatoms. The maximum Gasteiger partial charge on any atom is 0.360 e. The average molecular weight is 419 g/mol. The van der Waals surface area contributed by atoms with E-state index >= 15 is 0 Å². The lowest BCUT2D eigenvalue weighted by Crippen LogP contribution is -2.30. The normalized spacial score (nSPS) is 12.2. The topological polar surface area (TPSA) is 114 Å². The molecule has 2 N–H and O–H groups in total. The predicted molar refractivity (Wildman–Crippen MR) is 115 cm³/mol. The van der Waals surface area contributed by atoms with Crippen LogP contribution in [-0.2, 0) is 11.3 Å². The van der Waals surface area contributed by atoms with E-state index in [1.165, 1.54) is 6.92 Å². The summed E-state index contributed by atoms with van der Waals surface area (Å²) in [6, 6.07) is 13.9. The van der Waals surface area contributed by atoms with Gasteiger partial charge in [-0.15, -0.1) is 0 Å². The number of hydrogen-bond acceptors (Lipinski definition) is 6. The van der Waals surface area contributed by atoms with E-state index in [-0.39, 0.29) is 30.0 Å². The molecule has 0 bridgehead atoms. The molecule has 0 aliphatic carbocycles. The number of aromatic nitrogens is 3. The number of carbonyl (C=O) groups excluding carboxylic acids is 2. The Morgan fingerprint density at radius 3 is 2.45 bits per heavy atom. The maximum atomic E-state index is 13.1. The van der Waals surface area contributed by atoms with Crippen molar-refractivity contribution in [1.29, 1.82) is 0 Å². The van der Waals surface area contributed by atoms with Gasteiger partial charge in [0.15, 0.2) is 11.8 Å². The van der Waals surface area contributed by atoms with Gasteiger partial charge in [-0.1, -0.05) is 36.4 Å². The number of aliphatic hydroxyl groups excluding tert-OH is 1. The van der Waals surface area contributed by atoms with Crippen molar-refractivity contribution < 1.29 is 19.4 Å². The Kier molecular flexibility index (Phi) is 5.39. The summed E-state index contributed by atoms with van der Waals surface area (Å²) in [6.45, 7) is 2.93. The smallest absolute Gasteiger partial charge is 0.360 e. The number of benzene rings is 2. The number of H-pyrrole nitrogens is 1. The first-order valence-electron chi connectivity index (χ1n) is 9.85. The standard InChI is InChI=1S/C23H21N3O5/c1-13-19(17-9-5-6-10-18(17)24-13)21(28)14(2)31-23(30)20-15-7-3-4-8-16(15)22(29)26(25-20)11-12-27/h3-10,14,24,27H,11-12H2,1-2H3/t14-/m0/s1. The van der Waals surface area contributed by atoms with Gasteiger partial charge in [-0.05, 0) is 26.0 Å². The molecule has 2 aromatic heterocycles. The van der Waals surface area contributed by atoms with Crippen LogP contribution in [0.15, 0.2) is 53.3 Å². The summed E-state index contributed by atoms with van der Waals surface area (Å²) in [5, 5.41) is 14.7. The molecule has 4 rings (SSSR count). The minimum absolute atomic E-state index is 0.0625. The molecule has 1 atom stereocenters. The first kappa shape index (κ1) is 20.5. The second kappa shape index (κ2) is 8.16. The Morgan fingerprint density at radius 1 is 1.10 bits per heavy atom. The number of rotatable bonds is 6. The molecule has 0 radical (unpaired) electrons. The van der Waals surface area contributed by atoms with Crippen LogP contribution in [0, 0.1) is 6.92 Å². The molecule has 8 nitrogen and oxygen atoms in total. The van der Waals surface area contributed by atoms with Gasteiger partial charge in [0, 0.05) is 27.5 Å². The molecule has 0 amide bonds. The highest BCUT2D eigenvalue weighted by Gasteiger charge is 2.27. The van der Waals surface area contributed by atoms with Gasteiger partial charge in [-0.2, -0.15) is 5.10 Å². The van der Waals surface area contributed by atoms with E-state index in [1.807, 2.05) is 24.3 Å². The molecule has 31 heavy (non-hydrogen) atoms. The highest BCUT2D eigenvalue weighted by Crippen LogP contribution is 2.24.